The molecule has 0 bridgehead atoms. The fourth-order valence-corrected chi connectivity index (χ4v) is 5.94. The first-order valence-electron chi connectivity index (χ1n) is 10.6. The summed E-state index contributed by atoms with van der Waals surface area (Å²) in [5, 5.41) is 13.4. The Morgan fingerprint density at radius 1 is 1.24 bits per heavy atom. The molecule has 2 aromatic heterocycles. The summed E-state index contributed by atoms with van der Waals surface area (Å²) in [5.41, 5.74) is 3.73. The Balaban J connectivity index is 1.74. The number of nitrogens with zero attached hydrogens (tertiary/aromatic N) is 3. The van der Waals surface area contributed by atoms with E-state index in [1.165, 1.54) is 28.8 Å². The van der Waals surface area contributed by atoms with Crippen LogP contribution in [0.15, 0.2) is 24.4 Å². The summed E-state index contributed by atoms with van der Waals surface area (Å²) in [6, 6.07) is 6.16. The van der Waals surface area contributed by atoms with Crippen molar-refractivity contribution in [3.05, 3.63) is 46.1 Å². The molecule has 1 saturated heterocycles. The number of hydrogen-bond donors (Lipinski definition) is 2. The summed E-state index contributed by atoms with van der Waals surface area (Å²) in [6.07, 6.45) is 6.47. The lowest BCUT2D eigenvalue weighted by atomic mass is 9.90. The van der Waals surface area contributed by atoms with Gasteiger partial charge in [-0.25, -0.2) is 0 Å². The number of aliphatic hydroxyl groups excluding tert-OH is 1. The molecule has 1 aliphatic heterocycles. The lowest BCUT2D eigenvalue weighted by Crippen LogP contribution is -2.48. The Morgan fingerprint density at radius 2 is 2.03 bits per heavy atom. The largest absolute Gasteiger partial charge is 0.395 e. The van der Waals surface area contributed by atoms with Gasteiger partial charge in [0.25, 0.3) is 0 Å². The van der Waals surface area contributed by atoms with Crippen molar-refractivity contribution in [1.82, 2.24) is 14.8 Å². The maximum atomic E-state index is 12.0. The van der Waals surface area contributed by atoms with Crippen LogP contribution < -0.4 is 5.32 Å². The molecule has 0 unspecified atom stereocenters. The predicted octanol–water partition coefficient (Wildman–Crippen LogP) is 2.68. The molecule has 1 aliphatic carbocycles. The van der Waals surface area contributed by atoms with Gasteiger partial charge in [0.2, 0.25) is 5.91 Å². The van der Waals surface area contributed by atoms with E-state index in [1.54, 1.807) is 18.3 Å². The zero-order chi connectivity index (χ0) is 20.2. The fourth-order valence-electron chi connectivity index (χ4n) is 4.57. The van der Waals surface area contributed by atoms with E-state index in [1.807, 2.05) is 18.3 Å². The smallest absolute Gasteiger partial charge is 0.221 e. The molecular formula is C22H30N4O2S. The van der Waals surface area contributed by atoms with Crippen LogP contribution in [0.3, 0.4) is 0 Å². The van der Waals surface area contributed by atoms with Crippen LogP contribution in [0.1, 0.15) is 47.5 Å². The second kappa shape index (κ2) is 9.34. The number of thiophene rings is 1. The van der Waals surface area contributed by atoms with Crippen LogP contribution in [0, 0.1) is 0 Å². The first kappa shape index (κ1) is 20.5. The molecule has 3 heterocycles. The highest BCUT2D eigenvalue weighted by Crippen LogP contribution is 2.45. The minimum atomic E-state index is -0.0163. The number of carbonyl (C=O) groups is 1. The number of aryl methyl sites for hydroxylation is 1. The molecule has 6 nitrogen and oxygen atoms in total. The minimum Gasteiger partial charge on any atom is -0.395 e. The normalized spacial score (nSPS) is 19.0. The summed E-state index contributed by atoms with van der Waals surface area (Å²) >= 11 is 1.76. The van der Waals surface area contributed by atoms with Crippen LogP contribution in [0.4, 0.5) is 5.00 Å². The Kier molecular flexibility index (Phi) is 6.60. The highest BCUT2D eigenvalue weighted by molar-refractivity contribution is 7.16. The van der Waals surface area contributed by atoms with E-state index in [4.69, 9.17) is 4.98 Å². The molecule has 1 fully saturated rings. The SMILES string of the molecule is CC(=O)Nc1sc2c(c1[C@@H](c1ccccn1)N1CCN(CCO)CC1)CCCC2. The third-order valence-electron chi connectivity index (χ3n) is 5.93. The van der Waals surface area contributed by atoms with Gasteiger partial charge in [0.1, 0.15) is 5.00 Å². The summed E-state index contributed by atoms with van der Waals surface area (Å²) in [4.78, 5) is 22.9. The number of pyridine rings is 1. The van der Waals surface area contributed by atoms with Gasteiger partial charge in [-0.1, -0.05) is 6.07 Å². The molecule has 156 valence electrons. The lowest BCUT2D eigenvalue weighted by molar-refractivity contribution is -0.114. The summed E-state index contributed by atoms with van der Waals surface area (Å²) in [7, 11) is 0. The zero-order valence-electron chi connectivity index (χ0n) is 17.1. The second-order valence-corrected chi connectivity index (χ2v) is 9.00. The highest BCUT2D eigenvalue weighted by atomic mass is 32.1. The van der Waals surface area contributed by atoms with Crippen LogP contribution in [0.5, 0.6) is 0 Å². The zero-order valence-corrected chi connectivity index (χ0v) is 17.9. The Morgan fingerprint density at radius 3 is 2.72 bits per heavy atom. The van der Waals surface area contributed by atoms with Crippen molar-refractivity contribution in [2.45, 2.75) is 38.6 Å². The number of piperazine rings is 1. The fraction of sp³-hybridized carbons (Fsp3) is 0.545. The average molecular weight is 415 g/mol. The van der Waals surface area contributed by atoms with Gasteiger partial charge >= 0.3 is 0 Å². The van der Waals surface area contributed by atoms with Gasteiger partial charge in [0, 0.05) is 56.3 Å². The quantitative estimate of drug-likeness (QED) is 0.761. The van der Waals surface area contributed by atoms with Crippen molar-refractivity contribution in [3.63, 3.8) is 0 Å². The lowest BCUT2D eigenvalue weighted by Gasteiger charge is -2.39. The van der Waals surface area contributed by atoms with E-state index >= 15 is 0 Å². The molecule has 2 aromatic rings. The van der Waals surface area contributed by atoms with Crippen molar-refractivity contribution in [3.8, 4) is 0 Å². The first-order chi connectivity index (χ1) is 14.2. The molecule has 2 N–H and O–H groups in total. The van der Waals surface area contributed by atoms with E-state index < -0.39 is 0 Å². The molecule has 1 amide bonds. The molecular weight excluding hydrogens is 384 g/mol. The van der Waals surface area contributed by atoms with Crippen LogP contribution in [-0.4, -0.2) is 65.1 Å². The second-order valence-electron chi connectivity index (χ2n) is 7.89. The third kappa shape index (κ3) is 4.53. The number of aliphatic hydroxyl groups is 1. The maximum absolute atomic E-state index is 12.0. The number of hydrogen-bond acceptors (Lipinski definition) is 6. The van der Waals surface area contributed by atoms with Gasteiger partial charge in [0.15, 0.2) is 0 Å². The van der Waals surface area contributed by atoms with Crippen LogP contribution in [-0.2, 0) is 17.6 Å². The average Bonchev–Trinajstić information content (AvgIpc) is 3.08. The van der Waals surface area contributed by atoms with Crippen molar-refractivity contribution in [1.29, 1.82) is 0 Å². The molecule has 1 atom stereocenters. The number of anilines is 1. The molecule has 0 spiro atoms. The van der Waals surface area contributed by atoms with Gasteiger partial charge in [-0.2, -0.15) is 0 Å². The number of fused-ring (bicyclic) bond motifs is 1. The van der Waals surface area contributed by atoms with Crippen LogP contribution in [0.25, 0.3) is 0 Å². The van der Waals surface area contributed by atoms with Crippen LogP contribution >= 0.6 is 11.3 Å². The molecule has 7 heteroatoms. The van der Waals surface area contributed by atoms with E-state index in [0.717, 1.165) is 56.3 Å². The molecule has 4 rings (SSSR count). The van der Waals surface area contributed by atoms with Gasteiger partial charge in [0.05, 0.1) is 18.3 Å². The Labute approximate surface area is 176 Å². The first-order valence-corrected chi connectivity index (χ1v) is 11.4. The van der Waals surface area contributed by atoms with Crippen molar-refractivity contribution < 1.29 is 9.90 Å². The number of aromatic nitrogens is 1. The van der Waals surface area contributed by atoms with Gasteiger partial charge in [-0.05, 0) is 43.4 Å². The van der Waals surface area contributed by atoms with Crippen molar-refractivity contribution in [2.24, 2.45) is 0 Å². The van der Waals surface area contributed by atoms with E-state index in [0.29, 0.717) is 0 Å². The van der Waals surface area contributed by atoms with Gasteiger partial charge in [-0.3, -0.25) is 19.6 Å². The molecule has 0 saturated carbocycles. The standard InChI is InChI=1S/C22H30N4O2S/c1-16(28)24-22-20(17-6-2-3-8-19(17)29-22)21(18-7-4-5-9-23-18)26-12-10-25(11-13-26)14-15-27/h4-5,7,9,21,27H,2-3,6,8,10-15H2,1H3,(H,24,28)/t21-/m1/s1. The van der Waals surface area contributed by atoms with E-state index in [-0.39, 0.29) is 18.6 Å². The summed E-state index contributed by atoms with van der Waals surface area (Å²) in [6.45, 7) is 6.24. The topological polar surface area (TPSA) is 68.7 Å². The van der Waals surface area contributed by atoms with E-state index in [9.17, 15) is 9.90 Å². The number of nitrogens with one attached hydrogen (secondary N) is 1. The van der Waals surface area contributed by atoms with Crippen LogP contribution in [0.2, 0.25) is 0 Å². The Bertz CT molecular complexity index is 831. The number of rotatable bonds is 6. The highest BCUT2D eigenvalue weighted by Gasteiger charge is 2.34. The van der Waals surface area contributed by atoms with Gasteiger partial charge < -0.3 is 10.4 Å². The minimum absolute atomic E-state index is 0.0163. The van der Waals surface area contributed by atoms with Crippen molar-refractivity contribution in [2.75, 3.05) is 44.6 Å². The maximum Gasteiger partial charge on any atom is 0.221 e. The summed E-state index contributed by atoms with van der Waals surface area (Å²) < 4.78 is 0. The van der Waals surface area contributed by atoms with Gasteiger partial charge in [-0.15, -0.1) is 11.3 Å². The third-order valence-corrected chi connectivity index (χ3v) is 7.15. The monoisotopic (exact) mass is 414 g/mol. The van der Waals surface area contributed by atoms with E-state index in [2.05, 4.69) is 21.2 Å². The molecule has 29 heavy (non-hydrogen) atoms. The molecule has 0 radical (unpaired) electrons. The summed E-state index contributed by atoms with van der Waals surface area (Å²) in [5.74, 6) is -0.0163. The number of amides is 1. The predicted molar refractivity (Wildman–Crippen MR) is 116 cm³/mol. The molecule has 0 aromatic carbocycles. The molecule has 2 aliphatic rings. The Hall–Kier alpha value is -1.80. The number of carbonyl (C=O) groups excluding carboxylic acids is 1. The van der Waals surface area contributed by atoms with Crippen molar-refractivity contribution >= 4 is 22.2 Å². The number of β-amino-alcohol motifs (C(OH)–C–C–N with tert-alkyl or cyclic N) is 1.